The molecule has 0 saturated carbocycles. The fraction of sp³-hybridized carbons (Fsp3) is 0.643. The lowest BCUT2D eigenvalue weighted by atomic mass is 9.85. The third-order valence-corrected chi connectivity index (χ3v) is 6.55. The normalized spacial score (nSPS) is 20.5. The lowest BCUT2D eigenvalue weighted by molar-refractivity contribution is -0.122. The number of hydrogen-bond donors (Lipinski definition) is 3. The summed E-state index contributed by atoms with van der Waals surface area (Å²) in [5, 5.41) is 11.3. The summed E-state index contributed by atoms with van der Waals surface area (Å²) in [6.07, 6.45) is 2.84. The molecule has 124 valence electrons. The number of nitrogens with one attached hydrogen (secondary N) is 2. The zero-order valence-corrected chi connectivity index (χ0v) is 14.3. The minimum Gasteiger partial charge on any atom is -0.351 e. The van der Waals surface area contributed by atoms with Crippen LogP contribution in [-0.2, 0) is 21.4 Å². The minimum atomic E-state index is -3.66. The molecule has 0 bridgehead atoms. The molecule has 22 heavy (non-hydrogen) atoms. The van der Waals surface area contributed by atoms with Gasteiger partial charge in [0.25, 0.3) is 0 Å². The molecule has 0 aromatic carbocycles. The van der Waals surface area contributed by atoms with Crippen LogP contribution in [0.15, 0.2) is 16.3 Å². The third-order valence-electron chi connectivity index (χ3n) is 4.02. The maximum Gasteiger partial charge on any atom is 0.247 e. The molecular formula is C14H23N3O3S2. The van der Waals surface area contributed by atoms with Crippen molar-refractivity contribution >= 4 is 27.3 Å². The van der Waals surface area contributed by atoms with E-state index < -0.39 is 10.0 Å². The molecule has 0 aliphatic carbocycles. The lowest BCUT2D eigenvalue weighted by Gasteiger charge is -2.27. The highest BCUT2D eigenvalue weighted by Crippen LogP contribution is 2.23. The predicted molar refractivity (Wildman–Crippen MR) is 86.9 cm³/mol. The largest absolute Gasteiger partial charge is 0.351 e. The fourth-order valence-electron chi connectivity index (χ4n) is 2.69. The van der Waals surface area contributed by atoms with Gasteiger partial charge in [-0.2, -0.15) is 0 Å². The third kappa shape index (κ3) is 5.05. The Hall–Kier alpha value is -0.960. The van der Waals surface area contributed by atoms with E-state index in [1.807, 2.05) is 0 Å². The number of primary sulfonamides is 1. The molecule has 1 fully saturated rings. The quantitative estimate of drug-likeness (QED) is 0.717. The van der Waals surface area contributed by atoms with Crippen LogP contribution < -0.4 is 15.8 Å². The molecule has 1 aliphatic heterocycles. The molecule has 0 radical (unpaired) electrons. The van der Waals surface area contributed by atoms with Gasteiger partial charge in [0.15, 0.2) is 0 Å². The van der Waals surface area contributed by atoms with Gasteiger partial charge >= 0.3 is 0 Å². The highest BCUT2D eigenvalue weighted by Gasteiger charge is 2.22. The van der Waals surface area contributed by atoms with Crippen molar-refractivity contribution < 1.29 is 13.2 Å². The number of carbonyl (C=O) groups excluding carboxylic acids is 1. The van der Waals surface area contributed by atoms with Gasteiger partial charge in [0.1, 0.15) is 4.21 Å². The van der Waals surface area contributed by atoms with Crippen LogP contribution in [0, 0.1) is 11.8 Å². The van der Waals surface area contributed by atoms with Crippen molar-refractivity contribution in [1.29, 1.82) is 0 Å². The molecule has 8 heteroatoms. The van der Waals surface area contributed by atoms with Gasteiger partial charge in [-0.3, -0.25) is 4.79 Å². The van der Waals surface area contributed by atoms with Gasteiger partial charge in [0.05, 0.1) is 6.54 Å². The second-order valence-electron chi connectivity index (χ2n) is 5.83. The van der Waals surface area contributed by atoms with Crippen molar-refractivity contribution in [2.24, 2.45) is 17.0 Å². The number of sulfonamides is 1. The van der Waals surface area contributed by atoms with Crippen LogP contribution in [0.5, 0.6) is 0 Å². The number of nitrogens with two attached hydrogens (primary N) is 1. The molecule has 1 aliphatic rings. The van der Waals surface area contributed by atoms with E-state index >= 15 is 0 Å². The number of rotatable bonds is 6. The summed E-state index contributed by atoms with van der Waals surface area (Å²) < 4.78 is 22.5. The predicted octanol–water partition coefficient (Wildman–Crippen LogP) is 1.04. The molecule has 1 aromatic rings. The van der Waals surface area contributed by atoms with Gasteiger partial charge in [-0.05, 0) is 49.9 Å². The minimum absolute atomic E-state index is 0.00336. The maximum absolute atomic E-state index is 12.0. The monoisotopic (exact) mass is 345 g/mol. The van der Waals surface area contributed by atoms with E-state index in [1.165, 1.54) is 18.9 Å². The van der Waals surface area contributed by atoms with E-state index in [0.717, 1.165) is 29.3 Å². The van der Waals surface area contributed by atoms with Gasteiger partial charge < -0.3 is 10.6 Å². The molecule has 2 rings (SSSR count). The maximum atomic E-state index is 12.0. The van der Waals surface area contributed by atoms with Crippen LogP contribution in [0.2, 0.25) is 0 Å². The Morgan fingerprint density at radius 1 is 1.55 bits per heavy atom. The molecule has 2 atom stereocenters. The highest BCUT2D eigenvalue weighted by atomic mass is 32.2. The summed E-state index contributed by atoms with van der Waals surface area (Å²) in [7, 11) is -3.66. The SMILES string of the molecule is CC(CC(=O)NCc1ccc(S(N)(=O)=O)s1)C1CCCNC1. The van der Waals surface area contributed by atoms with Crippen LogP contribution in [0.1, 0.15) is 31.1 Å². The highest BCUT2D eigenvalue weighted by molar-refractivity contribution is 7.91. The molecule has 1 amide bonds. The first-order chi connectivity index (χ1) is 10.4. The Morgan fingerprint density at radius 2 is 2.32 bits per heavy atom. The Kier molecular flexibility index (Phi) is 5.96. The van der Waals surface area contributed by atoms with Crippen molar-refractivity contribution in [2.75, 3.05) is 13.1 Å². The molecule has 4 N–H and O–H groups in total. The zero-order chi connectivity index (χ0) is 16.2. The van der Waals surface area contributed by atoms with Crippen molar-refractivity contribution in [2.45, 2.75) is 36.9 Å². The summed E-state index contributed by atoms with van der Waals surface area (Å²) in [5.41, 5.74) is 0. The number of thiophene rings is 1. The first kappa shape index (κ1) is 17.4. The fourth-order valence-corrected chi connectivity index (χ4v) is 4.41. The van der Waals surface area contributed by atoms with Crippen LogP contribution in [0.25, 0.3) is 0 Å². The molecule has 2 heterocycles. The first-order valence-corrected chi connectivity index (χ1v) is 9.81. The van der Waals surface area contributed by atoms with Crippen molar-refractivity contribution in [3.8, 4) is 0 Å². The van der Waals surface area contributed by atoms with Crippen LogP contribution in [0.3, 0.4) is 0 Å². The van der Waals surface area contributed by atoms with Crippen LogP contribution >= 0.6 is 11.3 Å². The topological polar surface area (TPSA) is 101 Å². The van der Waals surface area contributed by atoms with Crippen LogP contribution in [-0.4, -0.2) is 27.4 Å². The van der Waals surface area contributed by atoms with E-state index in [4.69, 9.17) is 5.14 Å². The molecule has 0 spiro atoms. The van der Waals surface area contributed by atoms with Crippen molar-refractivity contribution in [3.63, 3.8) is 0 Å². The van der Waals surface area contributed by atoms with E-state index in [-0.39, 0.29) is 10.1 Å². The average molecular weight is 345 g/mol. The number of hydrogen-bond acceptors (Lipinski definition) is 5. The second kappa shape index (κ2) is 7.54. The summed E-state index contributed by atoms with van der Waals surface area (Å²) in [4.78, 5) is 12.8. The van der Waals surface area contributed by atoms with E-state index in [1.54, 1.807) is 6.07 Å². The van der Waals surface area contributed by atoms with Gasteiger partial charge in [-0.15, -0.1) is 11.3 Å². The molecule has 2 unspecified atom stereocenters. The number of amides is 1. The summed E-state index contributed by atoms with van der Waals surface area (Å²) in [6.45, 7) is 4.51. The van der Waals surface area contributed by atoms with Gasteiger partial charge in [0, 0.05) is 11.3 Å². The lowest BCUT2D eigenvalue weighted by Crippen LogP contribution is -2.35. The molecular weight excluding hydrogens is 322 g/mol. The summed E-state index contributed by atoms with van der Waals surface area (Å²) >= 11 is 1.09. The number of carbonyl (C=O) groups is 1. The first-order valence-electron chi connectivity index (χ1n) is 7.45. The van der Waals surface area contributed by atoms with Crippen molar-refractivity contribution in [1.82, 2.24) is 10.6 Å². The molecule has 1 saturated heterocycles. The zero-order valence-electron chi connectivity index (χ0n) is 12.7. The van der Waals surface area contributed by atoms with Gasteiger partial charge in [-0.25, -0.2) is 13.6 Å². The number of piperidine rings is 1. The summed E-state index contributed by atoms with van der Waals surface area (Å²) in [6, 6.07) is 3.15. The van der Waals surface area contributed by atoms with E-state index in [9.17, 15) is 13.2 Å². The van der Waals surface area contributed by atoms with Gasteiger partial charge in [0.2, 0.25) is 15.9 Å². The van der Waals surface area contributed by atoms with Crippen LogP contribution in [0.4, 0.5) is 0 Å². The standard InChI is InChI=1S/C14H23N3O3S2/c1-10(11-3-2-6-16-8-11)7-13(18)17-9-12-4-5-14(21-12)22(15,19)20/h4-5,10-11,16H,2-3,6-9H2,1H3,(H,17,18)(H2,15,19,20). The Bertz CT molecular complexity index is 607. The van der Waals surface area contributed by atoms with Crippen molar-refractivity contribution in [3.05, 3.63) is 17.0 Å². The molecule has 1 aromatic heterocycles. The van der Waals surface area contributed by atoms with Gasteiger partial charge in [-0.1, -0.05) is 6.92 Å². The molecule has 6 nitrogen and oxygen atoms in total. The Labute approximate surface area is 135 Å². The summed E-state index contributed by atoms with van der Waals surface area (Å²) in [5.74, 6) is 0.898. The average Bonchev–Trinajstić information content (AvgIpc) is 2.95. The Balaban J connectivity index is 1.78. The van der Waals surface area contributed by atoms with E-state index in [2.05, 4.69) is 17.6 Å². The Morgan fingerprint density at radius 3 is 2.91 bits per heavy atom. The second-order valence-corrected chi connectivity index (χ2v) is 8.79. The van der Waals surface area contributed by atoms with E-state index in [0.29, 0.717) is 24.8 Å². The smallest absolute Gasteiger partial charge is 0.247 e.